The number of carbonyl (C=O) groups excluding carboxylic acids is 1. The standard InChI is InChI=1S/C12H13O3Se/c1-8(12(14)15)11(13)9(2)16-10-6-4-3-5-7-10/h3-8H,1-2H3,(H,14,15). The zero-order chi connectivity index (χ0) is 12.1. The van der Waals surface area contributed by atoms with Crippen molar-refractivity contribution in [2.45, 2.75) is 13.8 Å². The Balaban J connectivity index is 2.86. The van der Waals surface area contributed by atoms with Gasteiger partial charge in [-0.3, -0.25) is 0 Å². The Bertz CT molecular complexity index is 423. The number of ketones is 1. The number of carbonyl (C=O) groups is 2. The second-order valence-electron chi connectivity index (χ2n) is 3.40. The minimum atomic E-state index is -1.06. The predicted molar refractivity (Wildman–Crippen MR) is 64.3 cm³/mol. The number of hydrogen-bond donors (Lipinski definition) is 1. The maximum atomic E-state index is 11.7. The van der Waals surface area contributed by atoms with Crippen molar-refractivity contribution in [2.24, 2.45) is 5.92 Å². The fraction of sp³-hybridized carbons (Fsp3) is 0.250. The number of carboxylic acid groups (broad SMARTS) is 1. The molecule has 1 aromatic rings. The fourth-order valence-electron chi connectivity index (χ4n) is 1.13. The molecule has 1 unspecified atom stereocenters. The third-order valence-electron chi connectivity index (χ3n) is 2.12. The maximum absolute atomic E-state index is 11.7. The van der Waals surface area contributed by atoms with E-state index in [9.17, 15) is 9.59 Å². The van der Waals surface area contributed by atoms with Gasteiger partial charge in [-0.2, -0.15) is 0 Å². The van der Waals surface area contributed by atoms with Crippen LogP contribution in [0, 0.1) is 5.92 Å². The van der Waals surface area contributed by atoms with Crippen LogP contribution < -0.4 is 4.46 Å². The molecule has 1 radical (unpaired) electrons. The van der Waals surface area contributed by atoms with Gasteiger partial charge in [0.05, 0.1) is 0 Å². The molecule has 0 amide bonds. The van der Waals surface area contributed by atoms with E-state index in [4.69, 9.17) is 5.11 Å². The summed E-state index contributed by atoms with van der Waals surface area (Å²) >= 11 is -0.0813. The van der Waals surface area contributed by atoms with Crippen molar-refractivity contribution < 1.29 is 14.7 Å². The molecule has 3 nitrogen and oxygen atoms in total. The first-order chi connectivity index (χ1) is 7.52. The first-order valence-corrected chi connectivity index (χ1v) is 6.57. The van der Waals surface area contributed by atoms with Gasteiger partial charge in [0.1, 0.15) is 0 Å². The molecular formula is C12H13O3Se. The summed E-state index contributed by atoms with van der Waals surface area (Å²) in [4.78, 5) is 22.4. The topological polar surface area (TPSA) is 54.4 Å². The zero-order valence-corrected chi connectivity index (χ0v) is 10.8. The summed E-state index contributed by atoms with van der Waals surface area (Å²) in [6.07, 6.45) is 0. The van der Waals surface area contributed by atoms with E-state index in [0.29, 0.717) is 4.42 Å². The van der Waals surface area contributed by atoms with Crippen LogP contribution in [0.15, 0.2) is 30.3 Å². The summed E-state index contributed by atoms with van der Waals surface area (Å²) in [5.41, 5.74) is 0. The Labute approximate surface area is 100 Å². The number of Topliss-reactive ketones (excluding diaryl/α,β-unsaturated/α-hetero) is 1. The normalized spacial score (nSPS) is 13.2. The quantitative estimate of drug-likeness (QED) is 0.647. The summed E-state index contributed by atoms with van der Waals surface area (Å²) < 4.78 is 1.73. The van der Waals surface area contributed by atoms with Crippen LogP contribution in [-0.2, 0) is 9.59 Å². The van der Waals surface area contributed by atoms with Crippen molar-refractivity contribution >= 4 is 35.2 Å². The number of aliphatic carboxylic acids is 1. The van der Waals surface area contributed by atoms with Crippen LogP contribution in [0.2, 0.25) is 0 Å². The molecule has 1 rings (SSSR count). The van der Waals surface area contributed by atoms with Crippen LogP contribution in [0.3, 0.4) is 0 Å². The van der Waals surface area contributed by atoms with Gasteiger partial charge in [0, 0.05) is 0 Å². The van der Waals surface area contributed by atoms with Crippen LogP contribution in [-0.4, -0.2) is 35.8 Å². The second-order valence-corrected chi connectivity index (χ2v) is 6.10. The van der Waals surface area contributed by atoms with E-state index >= 15 is 0 Å². The van der Waals surface area contributed by atoms with Crippen molar-refractivity contribution in [1.29, 1.82) is 0 Å². The van der Waals surface area contributed by atoms with E-state index in [1.807, 2.05) is 30.3 Å². The molecule has 1 atom stereocenters. The van der Waals surface area contributed by atoms with Gasteiger partial charge in [-0.25, -0.2) is 0 Å². The van der Waals surface area contributed by atoms with Crippen molar-refractivity contribution in [2.75, 3.05) is 0 Å². The Hall–Kier alpha value is -1.25. The van der Waals surface area contributed by atoms with Gasteiger partial charge in [0.15, 0.2) is 0 Å². The molecule has 0 aliphatic heterocycles. The van der Waals surface area contributed by atoms with Crippen molar-refractivity contribution in [3.05, 3.63) is 30.3 Å². The van der Waals surface area contributed by atoms with Gasteiger partial charge in [-0.05, 0) is 0 Å². The second kappa shape index (κ2) is 5.73. The number of carboxylic acids is 1. The Morgan fingerprint density at radius 3 is 2.31 bits per heavy atom. The minimum absolute atomic E-state index is 0.0813. The third-order valence-corrected chi connectivity index (χ3v) is 4.25. The van der Waals surface area contributed by atoms with E-state index < -0.39 is 11.9 Å². The molecule has 0 bridgehead atoms. The molecule has 0 saturated carbocycles. The van der Waals surface area contributed by atoms with Crippen molar-refractivity contribution in [3.8, 4) is 0 Å². The van der Waals surface area contributed by atoms with Crippen molar-refractivity contribution in [3.63, 3.8) is 0 Å². The van der Waals surface area contributed by atoms with Crippen LogP contribution in [0.5, 0.6) is 0 Å². The molecule has 0 aliphatic carbocycles. The molecule has 16 heavy (non-hydrogen) atoms. The van der Waals surface area contributed by atoms with E-state index in [2.05, 4.69) is 0 Å². The molecule has 0 saturated heterocycles. The number of rotatable bonds is 4. The molecule has 0 heterocycles. The van der Waals surface area contributed by atoms with Crippen LogP contribution in [0.4, 0.5) is 0 Å². The molecule has 0 fully saturated rings. The van der Waals surface area contributed by atoms with Crippen LogP contribution >= 0.6 is 0 Å². The summed E-state index contributed by atoms with van der Waals surface area (Å²) in [6, 6.07) is 9.63. The summed E-state index contributed by atoms with van der Waals surface area (Å²) in [7, 11) is 0. The molecule has 4 heteroatoms. The van der Waals surface area contributed by atoms with Crippen LogP contribution in [0.1, 0.15) is 13.8 Å². The summed E-state index contributed by atoms with van der Waals surface area (Å²) in [5, 5.41) is 8.74. The molecular weight excluding hydrogens is 271 g/mol. The average Bonchev–Trinajstić information content (AvgIpc) is 2.28. The SMILES string of the molecule is CC(=[Se]c1ccccc1)C(=O)C(C)C(=O)O. The molecule has 1 aromatic carbocycles. The van der Waals surface area contributed by atoms with Gasteiger partial charge in [0.25, 0.3) is 0 Å². The summed E-state index contributed by atoms with van der Waals surface area (Å²) in [6.45, 7) is 3.14. The van der Waals surface area contributed by atoms with E-state index in [0.717, 1.165) is 4.46 Å². The summed E-state index contributed by atoms with van der Waals surface area (Å²) in [5.74, 6) is -2.27. The molecule has 0 spiro atoms. The molecule has 85 valence electrons. The van der Waals surface area contributed by atoms with Crippen LogP contribution in [0.25, 0.3) is 0 Å². The number of benzene rings is 1. The monoisotopic (exact) mass is 285 g/mol. The predicted octanol–water partition coefficient (Wildman–Crippen LogP) is 0.498. The average molecular weight is 284 g/mol. The van der Waals surface area contributed by atoms with E-state index in [1.54, 1.807) is 6.92 Å². The van der Waals surface area contributed by atoms with E-state index in [-0.39, 0.29) is 20.3 Å². The van der Waals surface area contributed by atoms with E-state index in [1.165, 1.54) is 6.92 Å². The molecule has 0 aliphatic rings. The van der Waals surface area contributed by atoms with Gasteiger partial charge >= 0.3 is 99.9 Å². The Morgan fingerprint density at radius 1 is 1.25 bits per heavy atom. The van der Waals surface area contributed by atoms with Gasteiger partial charge in [0.2, 0.25) is 0 Å². The van der Waals surface area contributed by atoms with Gasteiger partial charge in [-0.1, -0.05) is 0 Å². The van der Waals surface area contributed by atoms with Crippen molar-refractivity contribution in [1.82, 2.24) is 0 Å². The Kier molecular flexibility index (Phi) is 4.59. The van der Waals surface area contributed by atoms with Gasteiger partial charge < -0.3 is 0 Å². The third kappa shape index (κ3) is 3.40. The first-order valence-electron chi connectivity index (χ1n) is 4.86. The van der Waals surface area contributed by atoms with Gasteiger partial charge in [-0.15, -0.1) is 0 Å². The Morgan fingerprint density at radius 2 is 1.81 bits per heavy atom. The first kappa shape index (κ1) is 12.8. The molecule has 1 N–H and O–H groups in total. The fourth-order valence-corrected chi connectivity index (χ4v) is 3.07. The number of hydrogen-bond acceptors (Lipinski definition) is 2. The molecule has 0 aromatic heterocycles. The zero-order valence-electron chi connectivity index (χ0n) is 9.14.